The first-order chi connectivity index (χ1) is 54.2. The van der Waals surface area contributed by atoms with Crippen LogP contribution in [-0.4, -0.2) is 196 Å². The van der Waals surface area contributed by atoms with Crippen molar-refractivity contribution in [1.82, 2.24) is 0 Å². The molecule has 24 nitrogen and oxygen atoms in total. The van der Waals surface area contributed by atoms with Gasteiger partial charge < -0.3 is 110 Å². The first-order valence-electron chi connectivity index (χ1n) is 39.6. The Morgan fingerprint density at radius 1 is 0.473 bits per heavy atom. The monoisotopic (exact) mass is 1550 g/mol. The quantitative estimate of drug-likeness (QED) is 0.0303. The Morgan fingerprint density at radius 2 is 0.991 bits per heavy atom. The summed E-state index contributed by atoms with van der Waals surface area (Å²) in [6, 6.07) is 59.5. The van der Waals surface area contributed by atoms with Crippen LogP contribution in [0.5, 0.6) is 0 Å². The molecule has 8 fully saturated rings. The maximum atomic E-state index is 13.2. The second kappa shape index (κ2) is 37.3. The van der Waals surface area contributed by atoms with Crippen molar-refractivity contribution in [3.8, 4) is 0 Å². The lowest BCUT2D eigenvalue weighted by molar-refractivity contribution is -0.369. The minimum Gasteiger partial charge on any atom is -0.457 e. The molecule has 0 aromatic heterocycles. The highest BCUT2D eigenvalue weighted by Gasteiger charge is 2.63. The molecule has 8 heterocycles. The Morgan fingerprint density at radius 3 is 1.58 bits per heavy atom. The second-order valence-electron chi connectivity index (χ2n) is 31.7. The molecule has 606 valence electrons. The Kier molecular flexibility index (Phi) is 27.3. The average molecular weight is 1550 g/mol. The summed E-state index contributed by atoms with van der Waals surface area (Å²) in [5, 5.41) is 22.2. The first kappa shape index (κ1) is 82.2. The topological polar surface area (TPSA) is 255 Å². The smallest absolute Gasteiger partial charge is 0.303 e. The summed E-state index contributed by atoms with van der Waals surface area (Å²) in [4.78, 5) is 13.2. The van der Waals surface area contributed by atoms with Crippen molar-refractivity contribution < 1.29 is 109 Å². The molecule has 29 atom stereocenters. The summed E-state index contributed by atoms with van der Waals surface area (Å²) in [5.74, 6) is -3.39. The van der Waals surface area contributed by atoms with Gasteiger partial charge in [-0.2, -0.15) is 0 Å². The SMILES string of the molecule is CC(=N)C(O[C@@H]1C(O[C@@H]2OC(C)[C@H](C)[C@@H]3OC(C)(C)OC23)[C@@H](OC(C)=O)C(C)O[C@@H]1O)[C@@H]1OC(C)[C@H](O[C@@H]2OC[C@@H](C)C(O[C@@H]3OC[C@@]4(COCc5ccccc5)O[C@@H](c5ccccc5)OC34)[C@H]2OCc2ccccc2)C(O[C@@H]2OC(COCc3ccccc3)[C@@H](OCc3ccccc3)C(OCc3ccccc3)[C@H]2C)[C@@H]1C. The lowest BCUT2D eigenvalue weighted by Gasteiger charge is -2.52. The Hall–Kier alpha value is -6.38. The molecule has 8 aliphatic rings. The fourth-order valence-corrected chi connectivity index (χ4v) is 16.6. The van der Waals surface area contributed by atoms with E-state index in [0.29, 0.717) is 6.61 Å². The van der Waals surface area contributed by atoms with E-state index < -0.39 is 171 Å². The molecule has 8 aliphatic heterocycles. The molecule has 14 rings (SSSR count). The predicted octanol–water partition coefficient (Wildman–Crippen LogP) is 12.1. The molecule has 0 amide bonds. The molecule has 0 bridgehead atoms. The number of esters is 1. The molecule has 0 radical (unpaired) electrons. The summed E-state index contributed by atoms with van der Waals surface area (Å²) >= 11 is 0. The van der Waals surface area contributed by atoms with Crippen LogP contribution in [0.4, 0.5) is 0 Å². The van der Waals surface area contributed by atoms with E-state index in [1.165, 1.54) is 6.92 Å². The summed E-state index contributed by atoms with van der Waals surface area (Å²) < 4.78 is 145. The number of rotatable bonds is 31. The fraction of sp³-hybridized carbons (Fsp3) is 0.568. The average Bonchev–Trinajstić information content (AvgIpc) is 1.61. The summed E-state index contributed by atoms with van der Waals surface area (Å²) in [6.45, 7) is 21.8. The van der Waals surface area contributed by atoms with Gasteiger partial charge in [-0.3, -0.25) is 4.79 Å². The zero-order chi connectivity index (χ0) is 78.2. The largest absolute Gasteiger partial charge is 0.457 e. The third-order valence-corrected chi connectivity index (χ3v) is 22.7. The van der Waals surface area contributed by atoms with Crippen molar-refractivity contribution in [2.45, 2.75) is 268 Å². The number of aliphatic hydroxyl groups excluding tert-OH is 1. The van der Waals surface area contributed by atoms with Crippen molar-refractivity contribution in [3.05, 3.63) is 215 Å². The van der Waals surface area contributed by atoms with Crippen LogP contribution in [0.2, 0.25) is 0 Å². The number of nitrogens with one attached hydrogen (secondary N) is 1. The number of fused-ring (bicyclic) bond motifs is 2. The molecule has 0 aliphatic carbocycles. The van der Waals surface area contributed by atoms with Gasteiger partial charge in [-0.1, -0.05) is 210 Å². The van der Waals surface area contributed by atoms with Gasteiger partial charge in [0.15, 0.2) is 49.6 Å². The van der Waals surface area contributed by atoms with Crippen molar-refractivity contribution in [2.75, 3.05) is 26.4 Å². The summed E-state index contributed by atoms with van der Waals surface area (Å²) in [6.07, 6.45) is -23.1. The third kappa shape index (κ3) is 19.3. The molecule has 11 unspecified atom stereocenters. The lowest BCUT2D eigenvalue weighted by atomic mass is 9.83. The molecule has 24 heteroatoms. The highest BCUT2D eigenvalue weighted by Crippen LogP contribution is 2.49. The zero-order valence-corrected chi connectivity index (χ0v) is 65.8. The van der Waals surface area contributed by atoms with Crippen LogP contribution in [0.25, 0.3) is 0 Å². The Labute approximate surface area is 657 Å². The maximum Gasteiger partial charge on any atom is 0.303 e. The van der Waals surface area contributed by atoms with E-state index >= 15 is 0 Å². The van der Waals surface area contributed by atoms with Gasteiger partial charge in [0, 0.05) is 41.9 Å². The van der Waals surface area contributed by atoms with E-state index in [0.717, 1.165) is 33.4 Å². The van der Waals surface area contributed by atoms with Crippen molar-refractivity contribution in [2.24, 2.45) is 23.7 Å². The number of aliphatic hydroxyl groups is 1. The minimum absolute atomic E-state index is 0.0128. The Bertz CT molecular complexity index is 3900. The van der Waals surface area contributed by atoms with Crippen LogP contribution in [0.1, 0.15) is 116 Å². The molecule has 0 spiro atoms. The standard InChI is InChI=1S/C88H111NO23/c1-51-42-97-84(78(96-47-64-38-26-16-27-39-64)67(51)105-86-80-88(50-98-86,49-93-44-61-32-20-13-21-33-61)112-83(109-80)65-40-28-17-29-41-65)107-73-57(7)99-69(72(55(5)89)104-77-76(74(102-59(9)90)58(8)100-81(77)91)108-85-79-71(52(2)56(6)101-85)110-87(10,11)111-79)53(3)70(73)106-82-54(4)68(94-45-62-34-22-14-23-35-62)75(95-46-63-36-24-15-25-37-63)66(103-82)48-92-43-60-30-18-12-19-31-60/h12-41,51-54,56-58,66-86,89,91H,42-50H2,1-11H3/t51-,52+,53-,54-,56?,57?,58?,66?,67?,68?,69-,70?,71+,72?,73+,74+,75-,76?,77-,78-,79?,80?,81+,82+,83+,84+,85+,86+,88-/m1/s1. The van der Waals surface area contributed by atoms with Gasteiger partial charge in [0.25, 0.3) is 0 Å². The van der Waals surface area contributed by atoms with Crippen LogP contribution >= 0.6 is 0 Å². The molecule has 6 aromatic rings. The van der Waals surface area contributed by atoms with E-state index in [1.54, 1.807) is 13.8 Å². The summed E-state index contributed by atoms with van der Waals surface area (Å²) in [5.41, 5.74) is 4.56. The molecular weight excluding hydrogens is 1440 g/mol. The third-order valence-electron chi connectivity index (χ3n) is 22.7. The van der Waals surface area contributed by atoms with Crippen molar-refractivity contribution in [3.63, 3.8) is 0 Å². The maximum absolute atomic E-state index is 13.2. The van der Waals surface area contributed by atoms with E-state index in [2.05, 4.69) is 0 Å². The van der Waals surface area contributed by atoms with Gasteiger partial charge in [0.1, 0.15) is 60.5 Å². The lowest BCUT2D eigenvalue weighted by Crippen LogP contribution is -2.66. The van der Waals surface area contributed by atoms with Gasteiger partial charge in [0.2, 0.25) is 0 Å². The van der Waals surface area contributed by atoms with E-state index in [4.69, 9.17) is 99.5 Å². The molecule has 0 saturated carbocycles. The van der Waals surface area contributed by atoms with Gasteiger partial charge in [-0.15, -0.1) is 0 Å². The second-order valence-corrected chi connectivity index (χ2v) is 31.7. The first-order valence-corrected chi connectivity index (χ1v) is 39.6. The number of hydrogen-bond acceptors (Lipinski definition) is 24. The predicted molar refractivity (Wildman–Crippen MR) is 406 cm³/mol. The Balaban J connectivity index is 0.814. The fourth-order valence-electron chi connectivity index (χ4n) is 16.6. The van der Waals surface area contributed by atoms with E-state index in [1.807, 2.05) is 237 Å². The summed E-state index contributed by atoms with van der Waals surface area (Å²) in [7, 11) is 0. The van der Waals surface area contributed by atoms with Gasteiger partial charge in [-0.25, -0.2) is 0 Å². The highest BCUT2D eigenvalue weighted by atomic mass is 16.8. The van der Waals surface area contributed by atoms with Crippen molar-refractivity contribution >= 4 is 11.7 Å². The zero-order valence-electron chi connectivity index (χ0n) is 65.8. The molecule has 8 saturated heterocycles. The number of ether oxygens (including phenoxy) is 21. The van der Waals surface area contributed by atoms with Gasteiger partial charge in [0.05, 0.1) is 108 Å². The molecule has 2 N–H and O–H groups in total. The van der Waals surface area contributed by atoms with E-state index in [9.17, 15) is 15.3 Å². The normalized spacial score (nSPS) is 37.3. The highest BCUT2D eigenvalue weighted by molar-refractivity contribution is 5.84. The van der Waals surface area contributed by atoms with Crippen LogP contribution in [0.3, 0.4) is 0 Å². The van der Waals surface area contributed by atoms with Gasteiger partial charge in [-0.05, 0) is 69.4 Å². The minimum atomic E-state index is -1.70. The number of carbonyl (C=O) groups is 1. The molecule has 112 heavy (non-hydrogen) atoms. The number of benzene rings is 6. The van der Waals surface area contributed by atoms with Crippen LogP contribution in [-0.2, 0) is 137 Å². The number of carbonyl (C=O) groups excluding carboxylic acids is 1. The van der Waals surface area contributed by atoms with E-state index in [-0.39, 0.29) is 76.5 Å². The molecule has 6 aromatic carbocycles. The van der Waals surface area contributed by atoms with Crippen LogP contribution in [0.15, 0.2) is 182 Å². The number of hydrogen-bond donors (Lipinski definition) is 2. The molecular formula is C88H111NO23. The van der Waals surface area contributed by atoms with Crippen molar-refractivity contribution in [1.29, 1.82) is 5.41 Å². The van der Waals surface area contributed by atoms with Gasteiger partial charge >= 0.3 is 5.97 Å². The van der Waals surface area contributed by atoms with Crippen LogP contribution < -0.4 is 0 Å². The van der Waals surface area contributed by atoms with Crippen LogP contribution in [0, 0.1) is 29.1 Å².